The molecule has 1 aromatic heterocycles. The first kappa shape index (κ1) is 14.1. The fourth-order valence-corrected chi connectivity index (χ4v) is 2.75. The maximum atomic E-state index is 4.44. The summed E-state index contributed by atoms with van der Waals surface area (Å²) in [5, 5.41) is 3.46. The van der Waals surface area contributed by atoms with Crippen LogP contribution in [0.1, 0.15) is 18.2 Å². The van der Waals surface area contributed by atoms with Gasteiger partial charge in [0.15, 0.2) is 0 Å². The molecule has 2 aromatic rings. The normalized spacial score (nSPS) is 10.6. The van der Waals surface area contributed by atoms with E-state index in [0.29, 0.717) is 0 Å². The molecule has 0 aliphatic rings. The van der Waals surface area contributed by atoms with Crippen LogP contribution in [0.2, 0.25) is 0 Å². The average molecular weight is 272 g/mol. The highest BCUT2D eigenvalue weighted by Gasteiger charge is 2.00. The van der Waals surface area contributed by atoms with Gasteiger partial charge in [-0.05, 0) is 30.2 Å². The lowest BCUT2D eigenvalue weighted by molar-refractivity contribution is 0.707. The van der Waals surface area contributed by atoms with Crippen LogP contribution in [0, 0.1) is 0 Å². The van der Waals surface area contributed by atoms with Crippen LogP contribution < -0.4 is 5.32 Å². The summed E-state index contributed by atoms with van der Waals surface area (Å²) >= 11 is 1.88. The van der Waals surface area contributed by atoms with Gasteiger partial charge in [0.2, 0.25) is 0 Å². The van der Waals surface area contributed by atoms with E-state index in [-0.39, 0.29) is 0 Å². The summed E-state index contributed by atoms with van der Waals surface area (Å²) in [6, 6.07) is 14.7. The predicted octanol–water partition coefficient (Wildman–Crippen LogP) is 3.53. The summed E-state index contributed by atoms with van der Waals surface area (Å²) in [7, 11) is 0. The van der Waals surface area contributed by atoms with Gasteiger partial charge in [0.25, 0.3) is 0 Å². The Balaban J connectivity index is 1.69. The second-order valence-corrected chi connectivity index (χ2v) is 5.47. The topological polar surface area (TPSA) is 24.9 Å². The Kier molecular flexibility index (Phi) is 5.92. The largest absolute Gasteiger partial charge is 0.310 e. The van der Waals surface area contributed by atoms with Crippen LogP contribution in [0.25, 0.3) is 0 Å². The van der Waals surface area contributed by atoms with Crippen molar-refractivity contribution in [1.29, 1.82) is 0 Å². The molecule has 0 bridgehead atoms. The minimum Gasteiger partial charge on any atom is -0.310 e. The van der Waals surface area contributed by atoms with E-state index >= 15 is 0 Å². The standard InChI is InChI=1S/C16H20N2S/c1-2-14-7-6-10-18-16(14)13-17-11-12-19-15-8-4-3-5-9-15/h3-10,17H,2,11-13H2,1H3. The Bertz CT molecular complexity index is 485. The van der Waals surface area contributed by atoms with Gasteiger partial charge in [-0.25, -0.2) is 0 Å². The number of thioether (sulfide) groups is 1. The molecular weight excluding hydrogens is 252 g/mol. The van der Waals surface area contributed by atoms with Crippen LogP contribution in [0.15, 0.2) is 53.6 Å². The molecule has 0 aliphatic carbocycles. The molecule has 0 aliphatic heterocycles. The summed E-state index contributed by atoms with van der Waals surface area (Å²) in [4.78, 5) is 5.77. The summed E-state index contributed by atoms with van der Waals surface area (Å²) < 4.78 is 0. The molecule has 1 heterocycles. The van der Waals surface area contributed by atoms with Crippen LogP contribution in [0.4, 0.5) is 0 Å². The molecule has 100 valence electrons. The lowest BCUT2D eigenvalue weighted by Gasteiger charge is -2.08. The zero-order chi connectivity index (χ0) is 13.3. The van der Waals surface area contributed by atoms with E-state index in [1.54, 1.807) is 0 Å². The summed E-state index contributed by atoms with van der Waals surface area (Å²) in [6.45, 7) is 4.03. The number of benzene rings is 1. The number of aromatic nitrogens is 1. The first-order chi connectivity index (χ1) is 9.40. The van der Waals surface area contributed by atoms with E-state index < -0.39 is 0 Å². The van der Waals surface area contributed by atoms with Gasteiger partial charge in [-0.15, -0.1) is 11.8 Å². The van der Waals surface area contributed by atoms with E-state index in [4.69, 9.17) is 0 Å². The predicted molar refractivity (Wildman–Crippen MR) is 82.5 cm³/mol. The van der Waals surface area contributed by atoms with E-state index in [0.717, 1.165) is 25.3 Å². The summed E-state index contributed by atoms with van der Waals surface area (Å²) in [5.74, 6) is 1.08. The molecular formula is C16H20N2S. The average Bonchev–Trinajstić information content (AvgIpc) is 2.48. The highest BCUT2D eigenvalue weighted by molar-refractivity contribution is 7.99. The molecule has 0 saturated heterocycles. The molecule has 1 aromatic carbocycles. The SMILES string of the molecule is CCc1cccnc1CNCCSc1ccccc1. The summed E-state index contributed by atoms with van der Waals surface area (Å²) in [6.07, 6.45) is 2.92. The highest BCUT2D eigenvalue weighted by Crippen LogP contribution is 2.15. The molecule has 2 nitrogen and oxygen atoms in total. The van der Waals surface area contributed by atoms with Gasteiger partial charge in [-0.1, -0.05) is 31.2 Å². The number of hydrogen-bond donors (Lipinski definition) is 1. The zero-order valence-electron chi connectivity index (χ0n) is 11.3. The second kappa shape index (κ2) is 7.97. The molecule has 3 heteroatoms. The Hall–Kier alpha value is -1.32. The molecule has 0 fully saturated rings. The quantitative estimate of drug-likeness (QED) is 0.616. The lowest BCUT2D eigenvalue weighted by atomic mass is 10.1. The third kappa shape index (κ3) is 4.69. The Morgan fingerprint density at radius 2 is 1.95 bits per heavy atom. The van der Waals surface area contributed by atoms with Crippen LogP contribution in [0.5, 0.6) is 0 Å². The number of nitrogens with one attached hydrogen (secondary N) is 1. The van der Waals surface area contributed by atoms with E-state index in [1.807, 2.05) is 24.0 Å². The molecule has 0 radical (unpaired) electrons. The molecule has 0 atom stereocenters. The minimum absolute atomic E-state index is 0.860. The number of rotatable bonds is 7. The molecule has 2 rings (SSSR count). The van der Waals surface area contributed by atoms with Gasteiger partial charge < -0.3 is 5.32 Å². The van der Waals surface area contributed by atoms with Crippen molar-refractivity contribution in [2.75, 3.05) is 12.3 Å². The van der Waals surface area contributed by atoms with Crippen molar-refractivity contribution in [1.82, 2.24) is 10.3 Å². The third-order valence-electron chi connectivity index (χ3n) is 2.95. The number of hydrogen-bond acceptors (Lipinski definition) is 3. The van der Waals surface area contributed by atoms with E-state index in [2.05, 4.69) is 53.6 Å². The van der Waals surface area contributed by atoms with Crippen molar-refractivity contribution >= 4 is 11.8 Å². The van der Waals surface area contributed by atoms with Gasteiger partial charge >= 0.3 is 0 Å². The van der Waals surface area contributed by atoms with Crippen molar-refractivity contribution in [3.63, 3.8) is 0 Å². The number of aryl methyl sites for hydroxylation is 1. The molecule has 19 heavy (non-hydrogen) atoms. The summed E-state index contributed by atoms with van der Waals surface area (Å²) in [5.41, 5.74) is 2.51. The van der Waals surface area contributed by atoms with Crippen molar-refractivity contribution in [3.8, 4) is 0 Å². The Morgan fingerprint density at radius 1 is 1.11 bits per heavy atom. The molecule has 1 N–H and O–H groups in total. The zero-order valence-corrected chi connectivity index (χ0v) is 12.1. The molecule has 0 saturated carbocycles. The Labute approximate surface area is 119 Å². The highest BCUT2D eigenvalue weighted by atomic mass is 32.2. The second-order valence-electron chi connectivity index (χ2n) is 4.30. The smallest absolute Gasteiger partial charge is 0.0573 e. The van der Waals surface area contributed by atoms with Gasteiger partial charge in [0.1, 0.15) is 0 Å². The molecule has 0 unspecified atom stereocenters. The maximum Gasteiger partial charge on any atom is 0.0573 e. The van der Waals surface area contributed by atoms with Crippen molar-refractivity contribution < 1.29 is 0 Å². The number of pyridine rings is 1. The third-order valence-corrected chi connectivity index (χ3v) is 3.96. The van der Waals surface area contributed by atoms with Gasteiger partial charge in [0.05, 0.1) is 5.69 Å². The van der Waals surface area contributed by atoms with Gasteiger partial charge in [-0.2, -0.15) is 0 Å². The maximum absolute atomic E-state index is 4.44. The van der Waals surface area contributed by atoms with Gasteiger partial charge in [-0.3, -0.25) is 4.98 Å². The van der Waals surface area contributed by atoms with Crippen molar-refractivity contribution in [3.05, 3.63) is 59.9 Å². The monoisotopic (exact) mass is 272 g/mol. The van der Waals surface area contributed by atoms with Crippen molar-refractivity contribution in [2.24, 2.45) is 0 Å². The molecule has 0 amide bonds. The van der Waals surface area contributed by atoms with Crippen LogP contribution >= 0.6 is 11.8 Å². The van der Waals surface area contributed by atoms with Crippen LogP contribution in [-0.2, 0) is 13.0 Å². The fraction of sp³-hybridized carbons (Fsp3) is 0.312. The van der Waals surface area contributed by atoms with Crippen LogP contribution in [-0.4, -0.2) is 17.3 Å². The minimum atomic E-state index is 0.860. The van der Waals surface area contributed by atoms with Crippen molar-refractivity contribution in [2.45, 2.75) is 24.8 Å². The van der Waals surface area contributed by atoms with Crippen LogP contribution in [0.3, 0.4) is 0 Å². The molecule has 0 spiro atoms. The van der Waals surface area contributed by atoms with E-state index in [9.17, 15) is 0 Å². The van der Waals surface area contributed by atoms with E-state index in [1.165, 1.54) is 16.2 Å². The fourth-order valence-electron chi connectivity index (χ4n) is 1.92. The number of nitrogens with zero attached hydrogens (tertiary/aromatic N) is 1. The first-order valence-electron chi connectivity index (χ1n) is 6.71. The first-order valence-corrected chi connectivity index (χ1v) is 7.70. The lowest BCUT2D eigenvalue weighted by Crippen LogP contribution is -2.18. The Morgan fingerprint density at radius 3 is 2.74 bits per heavy atom. The van der Waals surface area contributed by atoms with Gasteiger partial charge in [0, 0.05) is 29.9 Å².